The van der Waals surface area contributed by atoms with Gasteiger partial charge in [-0.05, 0) is 25.0 Å². The molecular weight excluding hydrogens is 216 g/mol. The van der Waals surface area contributed by atoms with Crippen molar-refractivity contribution in [2.75, 3.05) is 19.8 Å². The molecule has 0 fully saturated rings. The second-order valence-corrected chi connectivity index (χ2v) is 3.73. The number of unbranched alkanes of at least 4 members (excludes halogenated alkanes) is 1. The van der Waals surface area contributed by atoms with Crippen LogP contribution in [-0.2, 0) is 4.74 Å². The van der Waals surface area contributed by atoms with Gasteiger partial charge in [-0.3, -0.25) is 0 Å². The monoisotopic (exact) mass is 234 g/mol. The third-order valence-electron chi connectivity index (χ3n) is 2.35. The smallest absolute Gasteiger partial charge is 0.231 e. The van der Waals surface area contributed by atoms with E-state index in [4.69, 9.17) is 14.7 Å². The number of ether oxygens (including phenoxy) is 2. The van der Waals surface area contributed by atoms with Crippen LogP contribution >= 0.6 is 0 Å². The Kier molecular flexibility index (Phi) is 6.05. The SMILES string of the molecule is CCCCOCCOc1nccc(C)c1C#N. The molecule has 0 bridgehead atoms. The number of aryl methyl sites for hydroxylation is 1. The maximum absolute atomic E-state index is 8.97. The van der Waals surface area contributed by atoms with Crippen LogP contribution in [0.2, 0.25) is 0 Å². The van der Waals surface area contributed by atoms with Crippen molar-refractivity contribution in [2.24, 2.45) is 0 Å². The standard InChI is InChI=1S/C13H18N2O2/c1-3-4-7-16-8-9-17-13-12(10-14)11(2)5-6-15-13/h5-6H,3-4,7-9H2,1-2H3. The molecular formula is C13H18N2O2. The van der Waals surface area contributed by atoms with Crippen LogP contribution in [0, 0.1) is 18.3 Å². The van der Waals surface area contributed by atoms with E-state index >= 15 is 0 Å². The van der Waals surface area contributed by atoms with Crippen molar-refractivity contribution in [3.05, 3.63) is 23.4 Å². The lowest BCUT2D eigenvalue weighted by Gasteiger charge is -2.08. The summed E-state index contributed by atoms with van der Waals surface area (Å²) >= 11 is 0. The summed E-state index contributed by atoms with van der Waals surface area (Å²) in [6, 6.07) is 3.89. The molecule has 1 aromatic rings. The molecule has 1 rings (SSSR count). The predicted molar refractivity (Wildman–Crippen MR) is 64.9 cm³/mol. The van der Waals surface area contributed by atoms with Crippen LogP contribution in [0.25, 0.3) is 0 Å². The number of nitriles is 1. The highest BCUT2D eigenvalue weighted by atomic mass is 16.5. The van der Waals surface area contributed by atoms with Gasteiger partial charge in [0, 0.05) is 12.8 Å². The number of hydrogen-bond acceptors (Lipinski definition) is 4. The van der Waals surface area contributed by atoms with Crippen LogP contribution in [0.15, 0.2) is 12.3 Å². The lowest BCUT2D eigenvalue weighted by molar-refractivity contribution is 0.0964. The van der Waals surface area contributed by atoms with Crippen molar-refractivity contribution in [3.8, 4) is 11.9 Å². The van der Waals surface area contributed by atoms with E-state index in [0.29, 0.717) is 24.7 Å². The number of aromatic nitrogens is 1. The van der Waals surface area contributed by atoms with E-state index in [-0.39, 0.29) is 0 Å². The van der Waals surface area contributed by atoms with Crippen molar-refractivity contribution in [1.82, 2.24) is 4.98 Å². The van der Waals surface area contributed by atoms with Gasteiger partial charge in [0.2, 0.25) is 5.88 Å². The quantitative estimate of drug-likeness (QED) is 0.680. The molecule has 0 radical (unpaired) electrons. The van der Waals surface area contributed by atoms with Gasteiger partial charge in [-0.2, -0.15) is 5.26 Å². The van der Waals surface area contributed by atoms with Crippen LogP contribution in [0.3, 0.4) is 0 Å². The second kappa shape index (κ2) is 7.64. The van der Waals surface area contributed by atoms with Crippen molar-refractivity contribution >= 4 is 0 Å². The van der Waals surface area contributed by atoms with Crippen LogP contribution in [-0.4, -0.2) is 24.8 Å². The second-order valence-electron chi connectivity index (χ2n) is 3.73. The van der Waals surface area contributed by atoms with Gasteiger partial charge in [0.15, 0.2) is 0 Å². The van der Waals surface area contributed by atoms with Gasteiger partial charge >= 0.3 is 0 Å². The fourth-order valence-corrected chi connectivity index (χ4v) is 1.32. The Morgan fingerprint density at radius 2 is 2.18 bits per heavy atom. The van der Waals surface area contributed by atoms with E-state index < -0.39 is 0 Å². The summed E-state index contributed by atoms with van der Waals surface area (Å²) in [5.41, 5.74) is 1.38. The van der Waals surface area contributed by atoms with Crippen molar-refractivity contribution < 1.29 is 9.47 Å². The molecule has 17 heavy (non-hydrogen) atoms. The molecule has 0 saturated heterocycles. The Balaban J connectivity index is 2.37. The summed E-state index contributed by atoms with van der Waals surface area (Å²) in [6.07, 6.45) is 3.83. The first-order valence-corrected chi connectivity index (χ1v) is 5.85. The molecule has 0 aliphatic rings. The van der Waals surface area contributed by atoms with Gasteiger partial charge in [0.1, 0.15) is 18.2 Å². The molecule has 4 heteroatoms. The number of nitrogens with zero attached hydrogens (tertiary/aromatic N) is 2. The zero-order chi connectivity index (χ0) is 12.5. The van der Waals surface area contributed by atoms with E-state index in [9.17, 15) is 0 Å². The molecule has 0 N–H and O–H groups in total. The van der Waals surface area contributed by atoms with E-state index in [1.54, 1.807) is 12.3 Å². The third kappa shape index (κ3) is 4.41. The average Bonchev–Trinajstić information content (AvgIpc) is 2.34. The van der Waals surface area contributed by atoms with E-state index in [2.05, 4.69) is 18.0 Å². The van der Waals surface area contributed by atoms with E-state index in [1.165, 1.54) is 0 Å². The molecule has 0 aliphatic carbocycles. The number of hydrogen-bond donors (Lipinski definition) is 0. The van der Waals surface area contributed by atoms with Crippen molar-refractivity contribution in [1.29, 1.82) is 5.26 Å². The lowest BCUT2D eigenvalue weighted by atomic mass is 10.2. The fourth-order valence-electron chi connectivity index (χ4n) is 1.32. The Bertz CT molecular complexity index is 385. The zero-order valence-corrected chi connectivity index (χ0v) is 10.4. The molecule has 1 aromatic heterocycles. The molecule has 4 nitrogen and oxygen atoms in total. The summed E-state index contributed by atoms with van der Waals surface area (Å²) in [5.74, 6) is 0.395. The normalized spacial score (nSPS) is 9.94. The largest absolute Gasteiger partial charge is 0.474 e. The van der Waals surface area contributed by atoms with E-state index in [0.717, 1.165) is 25.0 Å². The maximum atomic E-state index is 8.97. The van der Waals surface area contributed by atoms with Crippen LogP contribution in [0.1, 0.15) is 30.9 Å². The molecule has 0 aromatic carbocycles. The Labute approximate surface area is 102 Å². The predicted octanol–water partition coefficient (Wildman–Crippen LogP) is 2.46. The average molecular weight is 234 g/mol. The molecule has 0 spiro atoms. The van der Waals surface area contributed by atoms with Gasteiger partial charge in [-0.25, -0.2) is 4.98 Å². The molecule has 0 saturated carbocycles. The molecule has 0 aliphatic heterocycles. The van der Waals surface area contributed by atoms with Crippen molar-refractivity contribution in [2.45, 2.75) is 26.7 Å². The Morgan fingerprint density at radius 1 is 1.35 bits per heavy atom. The van der Waals surface area contributed by atoms with Crippen molar-refractivity contribution in [3.63, 3.8) is 0 Å². The van der Waals surface area contributed by atoms with Crippen LogP contribution < -0.4 is 4.74 Å². The highest BCUT2D eigenvalue weighted by Crippen LogP contribution is 2.17. The minimum absolute atomic E-state index is 0.395. The Morgan fingerprint density at radius 3 is 2.88 bits per heavy atom. The summed E-state index contributed by atoms with van der Waals surface area (Å²) in [4.78, 5) is 4.04. The summed E-state index contributed by atoms with van der Waals surface area (Å²) in [5, 5.41) is 8.97. The Hall–Kier alpha value is -1.60. The lowest BCUT2D eigenvalue weighted by Crippen LogP contribution is -2.09. The molecule has 1 heterocycles. The number of pyridine rings is 1. The summed E-state index contributed by atoms with van der Waals surface area (Å²) in [7, 11) is 0. The minimum atomic E-state index is 0.395. The minimum Gasteiger partial charge on any atom is -0.474 e. The number of rotatable bonds is 7. The van der Waals surface area contributed by atoms with Gasteiger partial charge < -0.3 is 9.47 Å². The van der Waals surface area contributed by atoms with Gasteiger partial charge in [-0.1, -0.05) is 13.3 Å². The molecule has 0 atom stereocenters. The van der Waals surface area contributed by atoms with Crippen LogP contribution in [0.5, 0.6) is 5.88 Å². The fraction of sp³-hybridized carbons (Fsp3) is 0.538. The highest BCUT2D eigenvalue weighted by Gasteiger charge is 2.07. The third-order valence-corrected chi connectivity index (χ3v) is 2.35. The molecule has 0 unspecified atom stereocenters. The van der Waals surface area contributed by atoms with Gasteiger partial charge in [0.25, 0.3) is 0 Å². The molecule has 0 amide bonds. The van der Waals surface area contributed by atoms with Gasteiger partial charge in [-0.15, -0.1) is 0 Å². The maximum Gasteiger partial charge on any atom is 0.231 e. The topological polar surface area (TPSA) is 55.1 Å². The summed E-state index contributed by atoms with van der Waals surface area (Å²) in [6.45, 7) is 5.70. The first-order valence-electron chi connectivity index (χ1n) is 5.85. The first kappa shape index (κ1) is 13.5. The van der Waals surface area contributed by atoms with Crippen LogP contribution in [0.4, 0.5) is 0 Å². The highest BCUT2D eigenvalue weighted by molar-refractivity contribution is 5.43. The van der Waals surface area contributed by atoms with E-state index in [1.807, 2.05) is 6.92 Å². The zero-order valence-electron chi connectivity index (χ0n) is 10.4. The molecule has 92 valence electrons. The summed E-state index contributed by atoms with van der Waals surface area (Å²) < 4.78 is 10.8. The van der Waals surface area contributed by atoms with Gasteiger partial charge in [0.05, 0.1) is 6.61 Å². The first-order chi connectivity index (χ1) is 8.29.